The van der Waals surface area contributed by atoms with Gasteiger partial charge in [-0.05, 0) is 35.9 Å². The van der Waals surface area contributed by atoms with Crippen molar-refractivity contribution in [3.63, 3.8) is 0 Å². The van der Waals surface area contributed by atoms with E-state index in [0.717, 1.165) is 23.3 Å². The number of benzene rings is 2. The molecule has 2 N–H and O–H groups in total. The lowest BCUT2D eigenvalue weighted by atomic mass is 10.0. The van der Waals surface area contributed by atoms with Gasteiger partial charge in [-0.3, -0.25) is 9.78 Å². The first kappa shape index (κ1) is 17.1. The lowest BCUT2D eigenvalue weighted by molar-refractivity contribution is 0.101. The summed E-state index contributed by atoms with van der Waals surface area (Å²) in [4.78, 5) is 16.9. The maximum absolute atomic E-state index is 13.3. The zero-order valence-corrected chi connectivity index (χ0v) is 14.5. The summed E-state index contributed by atoms with van der Waals surface area (Å²) in [6.07, 6.45) is 3.41. The van der Waals surface area contributed by atoms with E-state index in [0.29, 0.717) is 11.0 Å². The van der Waals surface area contributed by atoms with Gasteiger partial charge >= 0.3 is 0 Å². The number of carbonyl (C=O) groups is 1. The van der Waals surface area contributed by atoms with Crippen molar-refractivity contribution in [2.24, 2.45) is 0 Å². The van der Waals surface area contributed by atoms with Crippen molar-refractivity contribution in [2.45, 2.75) is 0 Å². The van der Waals surface area contributed by atoms with E-state index < -0.39 is 11.6 Å². The van der Waals surface area contributed by atoms with Crippen molar-refractivity contribution in [3.05, 3.63) is 78.1 Å². The number of nitrogens with zero attached hydrogens (tertiary/aromatic N) is 1. The Labute approximate surface area is 158 Å². The van der Waals surface area contributed by atoms with E-state index in [1.807, 2.05) is 18.2 Å². The number of anilines is 1. The van der Waals surface area contributed by atoms with E-state index in [2.05, 4.69) is 9.27 Å². The van der Waals surface area contributed by atoms with Crippen molar-refractivity contribution in [3.8, 4) is 16.9 Å². The smallest absolute Gasteiger partial charge is 0.234 e. The third-order valence-electron chi connectivity index (χ3n) is 4.20. The molecule has 2 aromatic heterocycles. The average Bonchev–Trinajstić information content (AvgIpc) is 3.04. The standard InChI is InChI=1S/C20H12ClFN2O3/c21-27-17-9-13(22)4-6-15(17)19(25)20-18(23)14-5-3-11(8-16(14)26-20)12-2-1-7-24-10-12/h1-10H,23H2. The molecule has 4 aromatic rings. The second kappa shape index (κ2) is 6.74. The number of carbonyl (C=O) groups excluding carboxylic acids is 1. The van der Waals surface area contributed by atoms with Crippen molar-refractivity contribution in [1.82, 2.24) is 4.98 Å². The fraction of sp³-hybridized carbons (Fsp3) is 0. The van der Waals surface area contributed by atoms with Gasteiger partial charge in [-0.2, -0.15) is 0 Å². The monoisotopic (exact) mass is 382 g/mol. The van der Waals surface area contributed by atoms with Crippen LogP contribution < -0.4 is 10.0 Å². The Morgan fingerprint density at radius 2 is 2.00 bits per heavy atom. The zero-order chi connectivity index (χ0) is 19.0. The van der Waals surface area contributed by atoms with Crippen LogP contribution in [0.25, 0.3) is 22.1 Å². The van der Waals surface area contributed by atoms with Crippen LogP contribution in [0.5, 0.6) is 5.75 Å². The van der Waals surface area contributed by atoms with E-state index >= 15 is 0 Å². The maximum atomic E-state index is 13.3. The first-order chi connectivity index (χ1) is 13.1. The summed E-state index contributed by atoms with van der Waals surface area (Å²) in [5.41, 5.74) is 8.57. The maximum Gasteiger partial charge on any atom is 0.234 e. The Balaban J connectivity index is 1.81. The van der Waals surface area contributed by atoms with Crippen molar-refractivity contribution in [1.29, 1.82) is 0 Å². The van der Waals surface area contributed by atoms with Gasteiger partial charge in [0.2, 0.25) is 5.78 Å². The number of fused-ring (bicyclic) bond motifs is 1. The minimum Gasteiger partial charge on any atom is -0.450 e. The van der Waals surface area contributed by atoms with Crippen LogP contribution in [-0.4, -0.2) is 10.8 Å². The van der Waals surface area contributed by atoms with Gasteiger partial charge in [-0.25, -0.2) is 4.39 Å². The summed E-state index contributed by atoms with van der Waals surface area (Å²) in [7, 11) is 0. The molecule has 0 unspecified atom stereocenters. The highest BCUT2D eigenvalue weighted by molar-refractivity contribution is 6.17. The van der Waals surface area contributed by atoms with E-state index in [9.17, 15) is 9.18 Å². The Morgan fingerprint density at radius 3 is 2.74 bits per heavy atom. The van der Waals surface area contributed by atoms with Gasteiger partial charge in [0, 0.05) is 29.4 Å². The highest BCUT2D eigenvalue weighted by Gasteiger charge is 2.24. The number of rotatable bonds is 4. The van der Waals surface area contributed by atoms with Gasteiger partial charge in [0.05, 0.1) is 11.3 Å². The number of furan rings is 1. The number of hydrogen-bond donors (Lipinski definition) is 1. The van der Waals surface area contributed by atoms with Crippen molar-refractivity contribution < 1.29 is 17.9 Å². The summed E-state index contributed by atoms with van der Waals surface area (Å²) in [6, 6.07) is 12.6. The van der Waals surface area contributed by atoms with Crippen molar-refractivity contribution in [2.75, 3.05) is 5.73 Å². The third kappa shape index (κ3) is 3.00. The van der Waals surface area contributed by atoms with E-state index in [4.69, 9.17) is 22.0 Å². The van der Waals surface area contributed by atoms with Gasteiger partial charge < -0.3 is 14.4 Å². The number of hydrogen-bond acceptors (Lipinski definition) is 5. The Morgan fingerprint density at radius 1 is 1.15 bits per heavy atom. The second-order valence-electron chi connectivity index (χ2n) is 5.84. The third-order valence-corrected chi connectivity index (χ3v) is 4.37. The summed E-state index contributed by atoms with van der Waals surface area (Å²) < 4.78 is 23.7. The van der Waals surface area contributed by atoms with Gasteiger partial charge in [0.15, 0.2) is 11.5 Å². The molecule has 0 bridgehead atoms. The number of nitrogens with two attached hydrogens (primary N) is 1. The molecule has 0 saturated carbocycles. The lowest BCUT2D eigenvalue weighted by Gasteiger charge is -2.04. The highest BCUT2D eigenvalue weighted by atomic mass is 35.5. The molecule has 0 aliphatic heterocycles. The number of ketones is 1. The first-order valence-electron chi connectivity index (χ1n) is 7.93. The number of nitrogen functional groups attached to an aromatic ring is 1. The SMILES string of the molecule is Nc1c(C(=O)c2ccc(F)cc2OCl)oc2cc(-c3cccnc3)ccc12. The summed E-state index contributed by atoms with van der Waals surface area (Å²) in [5, 5.41) is 0.599. The minimum atomic E-state index is -0.583. The van der Waals surface area contributed by atoms with Crippen LogP contribution >= 0.6 is 11.9 Å². The normalized spacial score (nSPS) is 10.9. The minimum absolute atomic E-state index is 0.0460. The molecule has 4 rings (SSSR count). The average molecular weight is 383 g/mol. The molecule has 0 aliphatic carbocycles. The summed E-state index contributed by atoms with van der Waals surface area (Å²) in [5.74, 6) is -1.31. The molecule has 0 atom stereocenters. The molecule has 2 heterocycles. The molecule has 7 heteroatoms. The molecule has 0 aliphatic rings. The number of aromatic nitrogens is 1. The predicted molar refractivity (Wildman–Crippen MR) is 100 cm³/mol. The molecule has 0 saturated heterocycles. The van der Waals surface area contributed by atoms with Crippen LogP contribution in [-0.2, 0) is 0 Å². The highest BCUT2D eigenvalue weighted by Crippen LogP contribution is 2.34. The molecule has 2 aromatic carbocycles. The first-order valence-corrected chi connectivity index (χ1v) is 8.24. The van der Waals surface area contributed by atoms with E-state index in [1.54, 1.807) is 24.5 Å². The van der Waals surface area contributed by atoms with Crippen LogP contribution in [0.15, 0.2) is 65.3 Å². The Hall–Kier alpha value is -3.38. The lowest BCUT2D eigenvalue weighted by Crippen LogP contribution is -2.04. The molecular weight excluding hydrogens is 371 g/mol. The molecule has 0 spiro atoms. The van der Waals surface area contributed by atoms with Gasteiger partial charge in [-0.15, -0.1) is 0 Å². The molecule has 0 amide bonds. The van der Waals surface area contributed by atoms with Crippen LogP contribution in [0.2, 0.25) is 0 Å². The molecule has 0 fully saturated rings. The molecule has 0 radical (unpaired) electrons. The topological polar surface area (TPSA) is 78.4 Å². The predicted octanol–water partition coefficient (Wildman–Crippen LogP) is 4.98. The van der Waals surface area contributed by atoms with Gasteiger partial charge in [-0.1, -0.05) is 12.1 Å². The van der Waals surface area contributed by atoms with E-state index in [-0.39, 0.29) is 22.8 Å². The molecule has 27 heavy (non-hydrogen) atoms. The summed E-state index contributed by atoms with van der Waals surface area (Å²) in [6.45, 7) is 0. The fourth-order valence-corrected chi connectivity index (χ4v) is 3.00. The summed E-state index contributed by atoms with van der Waals surface area (Å²) >= 11 is 5.36. The van der Waals surface area contributed by atoms with Gasteiger partial charge in [0.25, 0.3) is 0 Å². The molecular formula is C20H12ClFN2O3. The Bertz CT molecular complexity index is 1160. The molecule has 5 nitrogen and oxygen atoms in total. The van der Waals surface area contributed by atoms with Crippen LogP contribution in [0.4, 0.5) is 10.1 Å². The number of halogens is 2. The van der Waals surface area contributed by atoms with E-state index in [1.165, 1.54) is 6.07 Å². The fourth-order valence-electron chi connectivity index (χ4n) is 2.87. The quantitative estimate of drug-likeness (QED) is 0.503. The Kier molecular flexibility index (Phi) is 4.25. The van der Waals surface area contributed by atoms with Crippen LogP contribution in [0.1, 0.15) is 16.1 Å². The van der Waals surface area contributed by atoms with Crippen LogP contribution in [0, 0.1) is 5.82 Å². The van der Waals surface area contributed by atoms with Crippen LogP contribution in [0.3, 0.4) is 0 Å². The largest absolute Gasteiger partial charge is 0.450 e. The van der Waals surface area contributed by atoms with Crippen molar-refractivity contribution >= 4 is 34.3 Å². The second-order valence-corrected chi connectivity index (χ2v) is 6.00. The zero-order valence-electron chi connectivity index (χ0n) is 13.8. The number of pyridine rings is 1. The molecule has 134 valence electrons. The van der Waals surface area contributed by atoms with Gasteiger partial charge in [0.1, 0.15) is 23.3 Å².